The Balaban J connectivity index is 2.48. The lowest BCUT2D eigenvalue weighted by molar-refractivity contribution is -0.122. The highest BCUT2D eigenvalue weighted by molar-refractivity contribution is 6.42. The number of carboxylic acid groups (broad SMARTS) is 1. The molecule has 1 aromatic rings. The number of amides is 2. The fourth-order valence-electron chi connectivity index (χ4n) is 2.94. The van der Waals surface area contributed by atoms with E-state index in [0.29, 0.717) is 10.0 Å². The summed E-state index contributed by atoms with van der Waals surface area (Å²) >= 11 is 12.2. The highest BCUT2D eigenvalue weighted by Crippen LogP contribution is 2.36. The number of hydrogen-bond acceptors (Lipinski definition) is 3. The molecule has 2 N–H and O–H groups in total. The Morgan fingerprint density at radius 3 is 2.38 bits per heavy atom. The molecule has 2 rings (SSSR count). The summed E-state index contributed by atoms with van der Waals surface area (Å²) in [7, 11) is 0. The monoisotopic (exact) mass is 402 g/mol. The minimum atomic E-state index is -1.05. The standard InChI is InChI=1S/C18H24Cl2N2O4/c1-10(23)21-14-8-22(17(24)25)9-15(18(2,3)4)26-16(14)11-5-6-12(19)13(20)7-11/h5-7,14-16H,8-9H2,1-4H3,(H,21,23)(H,24,25)/t14-,15?,16-/m0/s1. The van der Waals surface area contributed by atoms with Gasteiger partial charge in [0.05, 0.1) is 28.7 Å². The second-order valence-corrected chi connectivity index (χ2v) is 8.39. The number of rotatable bonds is 2. The molecule has 1 aliphatic heterocycles. The molecule has 1 unspecified atom stereocenters. The Morgan fingerprint density at radius 1 is 1.23 bits per heavy atom. The third-order valence-corrected chi connectivity index (χ3v) is 5.12. The van der Waals surface area contributed by atoms with Crippen molar-refractivity contribution >= 4 is 35.2 Å². The highest BCUT2D eigenvalue weighted by Gasteiger charge is 2.40. The maximum absolute atomic E-state index is 11.7. The van der Waals surface area contributed by atoms with Crippen LogP contribution in [0, 0.1) is 5.41 Å². The lowest BCUT2D eigenvalue weighted by atomic mass is 9.88. The smallest absolute Gasteiger partial charge is 0.407 e. The molecule has 8 heteroatoms. The van der Waals surface area contributed by atoms with Crippen LogP contribution in [0.4, 0.5) is 4.79 Å². The molecule has 0 aliphatic carbocycles. The predicted octanol–water partition coefficient (Wildman–Crippen LogP) is 3.96. The summed E-state index contributed by atoms with van der Waals surface area (Å²) in [6, 6.07) is 4.59. The Hall–Kier alpha value is -1.50. The maximum Gasteiger partial charge on any atom is 0.407 e. The highest BCUT2D eigenvalue weighted by atomic mass is 35.5. The van der Waals surface area contributed by atoms with Crippen LogP contribution in [0.15, 0.2) is 18.2 Å². The van der Waals surface area contributed by atoms with Gasteiger partial charge in [0.1, 0.15) is 6.10 Å². The zero-order valence-electron chi connectivity index (χ0n) is 15.3. The van der Waals surface area contributed by atoms with E-state index in [9.17, 15) is 14.7 Å². The number of nitrogens with one attached hydrogen (secondary N) is 1. The molecule has 2 amide bonds. The van der Waals surface area contributed by atoms with Gasteiger partial charge in [-0.25, -0.2) is 4.79 Å². The third kappa shape index (κ3) is 5.02. The molecular formula is C18H24Cl2N2O4. The van der Waals surface area contributed by atoms with Gasteiger partial charge >= 0.3 is 6.09 Å². The molecule has 0 saturated carbocycles. The minimum absolute atomic E-state index is 0.117. The topological polar surface area (TPSA) is 78.9 Å². The second kappa shape index (κ2) is 8.03. The first-order chi connectivity index (χ1) is 12.0. The summed E-state index contributed by atoms with van der Waals surface area (Å²) < 4.78 is 6.33. The molecule has 6 nitrogen and oxygen atoms in total. The first-order valence-corrected chi connectivity index (χ1v) is 9.10. The van der Waals surface area contributed by atoms with E-state index >= 15 is 0 Å². The van der Waals surface area contributed by atoms with Crippen LogP contribution < -0.4 is 5.32 Å². The van der Waals surface area contributed by atoms with Gasteiger partial charge in [0.15, 0.2) is 0 Å². The van der Waals surface area contributed by atoms with Crippen LogP contribution in [0.25, 0.3) is 0 Å². The summed E-state index contributed by atoms with van der Waals surface area (Å²) in [5, 5.41) is 13.2. The van der Waals surface area contributed by atoms with Crippen molar-refractivity contribution in [2.75, 3.05) is 13.1 Å². The summed E-state index contributed by atoms with van der Waals surface area (Å²) in [6.45, 7) is 7.69. The summed E-state index contributed by atoms with van der Waals surface area (Å²) in [5.41, 5.74) is 0.437. The van der Waals surface area contributed by atoms with Crippen molar-refractivity contribution in [2.24, 2.45) is 5.41 Å². The van der Waals surface area contributed by atoms with Crippen LogP contribution in [0.5, 0.6) is 0 Å². The fourth-order valence-corrected chi connectivity index (χ4v) is 3.25. The molecule has 144 valence electrons. The number of carbonyl (C=O) groups excluding carboxylic acids is 1. The number of ether oxygens (including phenoxy) is 1. The molecule has 1 saturated heterocycles. The van der Waals surface area contributed by atoms with Crippen molar-refractivity contribution < 1.29 is 19.4 Å². The van der Waals surface area contributed by atoms with Crippen molar-refractivity contribution in [3.63, 3.8) is 0 Å². The van der Waals surface area contributed by atoms with Crippen LogP contribution in [-0.4, -0.2) is 47.2 Å². The van der Waals surface area contributed by atoms with E-state index in [1.54, 1.807) is 18.2 Å². The molecular weight excluding hydrogens is 379 g/mol. The van der Waals surface area contributed by atoms with Gasteiger partial charge in [-0.3, -0.25) is 4.79 Å². The van der Waals surface area contributed by atoms with Crippen LogP contribution in [0.1, 0.15) is 39.4 Å². The van der Waals surface area contributed by atoms with Crippen LogP contribution in [0.2, 0.25) is 10.0 Å². The molecule has 0 radical (unpaired) electrons. The van der Waals surface area contributed by atoms with Crippen molar-refractivity contribution in [3.05, 3.63) is 33.8 Å². The SMILES string of the molecule is CC(=O)N[C@H]1CN(C(=O)O)CC(C(C)(C)C)O[C@H]1c1ccc(Cl)c(Cl)c1. The molecule has 1 heterocycles. The predicted molar refractivity (Wildman–Crippen MR) is 101 cm³/mol. The van der Waals surface area contributed by atoms with Gasteiger partial charge < -0.3 is 20.1 Å². The zero-order valence-corrected chi connectivity index (χ0v) is 16.8. The number of carbonyl (C=O) groups is 2. The van der Waals surface area contributed by atoms with Gasteiger partial charge in [0, 0.05) is 13.5 Å². The number of nitrogens with zero attached hydrogens (tertiary/aromatic N) is 1. The number of halogens is 2. The summed E-state index contributed by atoms with van der Waals surface area (Å²) in [6.07, 6.45) is -1.97. The van der Waals surface area contributed by atoms with Gasteiger partial charge in [0.2, 0.25) is 5.91 Å². The summed E-state index contributed by atoms with van der Waals surface area (Å²) in [4.78, 5) is 24.7. The molecule has 0 aromatic heterocycles. The normalized spacial score (nSPS) is 24.1. The molecule has 1 aromatic carbocycles. The largest absolute Gasteiger partial charge is 0.465 e. The molecule has 1 aliphatic rings. The maximum atomic E-state index is 11.7. The van der Waals surface area contributed by atoms with Gasteiger partial charge in [-0.1, -0.05) is 50.0 Å². The Morgan fingerprint density at radius 2 is 1.88 bits per heavy atom. The number of hydrogen-bond donors (Lipinski definition) is 2. The second-order valence-electron chi connectivity index (χ2n) is 7.58. The average molecular weight is 403 g/mol. The first-order valence-electron chi connectivity index (χ1n) is 8.34. The fraction of sp³-hybridized carbons (Fsp3) is 0.556. The van der Waals surface area contributed by atoms with Crippen LogP contribution >= 0.6 is 23.2 Å². The quantitative estimate of drug-likeness (QED) is 0.784. The van der Waals surface area contributed by atoms with Gasteiger partial charge in [-0.2, -0.15) is 0 Å². The lowest BCUT2D eigenvalue weighted by Gasteiger charge is -2.34. The van der Waals surface area contributed by atoms with E-state index in [1.807, 2.05) is 20.8 Å². The van der Waals surface area contributed by atoms with Crippen molar-refractivity contribution in [3.8, 4) is 0 Å². The average Bonchev–Trinajstić information content (AvgIpc) is 2.69. The molecule has 0 bridgehead atoms. The van der Waals surface area contributed by atoms with E-state index < -0.39 is 18.2 Å². The van der Waals surface area contributed by atoms with Gasteiger partial charge in [-0.05, 0) is 23.1 Å². The molecule has 3 atom stereocenters. The molecule has 0 spiro atoms. The Bertz CT molecular complexity index is 690. The van der Waals surface area contributed by atoms with E-state index in [-0.39, 0.29) is 30.5 Å². The minimum Gasteiger partial charge on any atom is -0.465 e. The first kappa shape index (κ1) is 20.8. The zero-order chi connectivity index (χ0) is 19.6. The molecule has 26 heavy (non-hydrogen) atoms. The lowest BCUT2D eigenvalue weighted by Crippen LogP contribution is -2.46. The van der Waals surface area contributed by atoms with E-state index in [4.69, 9.17) is 27.9 Å². The van der Waals surface area contributed by atoms with Crippen LogP contribution in [-0.2, 0) is 9.53 Å². The van der Waals surface area contributed by atoms with Crippen molar-refractivity contribution in [1.82, 2.24) is 10.2 Å². The third-order valence-electron chi connectivity index (χ3n) is 4.38. The summed E-state index contributed by atoms with van der Waals surface area (Å²) in [5.74, 6) is -0.261. The number of benzene rings is 1. The van der Waals surface area contributed by atoms with E-state index in [2.05, 4.69) is 5.32 Å². The Kier molecular flexibility index (Phi) is 6.42. The van der Waals surface area contributed by atoms with Gasteiger partial charge in [0.25, 0.3) is 0 Å². The van der Waals surface area contributed by atoms with Crippen LogP contribution in [0.3, 0.4) is 0 Å². The van der Waals surface area contributed by atoms with E-state index in [0.717, 1.165) is 5.56 Å². The van der Waals surface area contributed by atoms with E-state index in [1.165, 1.54) is 11.8 Å². The van der Waals surface area contributed by atoms with Gasteiger partial charge in [-0.15, -0.1) is 0 Å². The Labute approximate surface area is 163 Å². The van der Waals surface area contributed by atoms with Crippen molar-refractivity contribution in [2.45, 2.75) is 45.9 Å². The van der Waals surface area contributed by atoms with Crippen molar-refractivity contribution in [1.29, 1.82) is 0 Å². The molecule has 1 fully saturated rings.